The predicted molar refractivity (Wildman–Crippen MR) is 94.3 cm³/mol. The number of ether oxygens (including phenoxy) is 1. The molecule has 0 spiro atoms. The molecule has 0 bridgehead atoms. The van der Waals surface area contributed by atoms with E-state index in [1.165, 1.54) is 5.56 Å². The van der Waals surface area contributed by atoms with Crippen LogP contribution >= 0.6 is 0 Å². The molecule has 0 saturated carbocycles. The fourth-order valence-corrected chi connectivity index (χ4v) is 3.04. The van der Waals surface area contributed by atoms with Gasteiger partial charge in [0, 0.05) is 39.0 Å². The maximum absolute atomic E-state index is 12.4. The van der Waals surface area contributed by atoms with Gasteiger partial charge in [-0.1, -0.05) is 37.3 Å². The Morgan fingerprint density at radius 3 is 3.00 bits per heavy atom. The van der Waals surface area contributed by atoms with Gasteiger partial charge in [0.25, 0.3) is 0 Å². The number of carbonyl (C=O) groups is 1. The highest BCUT2D eigenvalue weighted by Crippen LogP contribution is 2.11. The Balaban J connectivity index is 1.45. The van der Waals surface area contributed by atoms with Crippen LogP contribution in [0, 0.1) is 0 Å². The average Bonchev–Trinajstić information content (AvgIpc) is 3.10. The molecule has 1 aliphatic heterocycles. The third-order valence-electron chi connectivity index (χ3n) is 4.37. The lowest BCUT2D eigenvalue weighted by atomic mass is 10.1. The molecule has 1 aromatic heterocycles. The predicted octanol–water partition coefficient (Wildman–Crippen LogP) is 1.49. The third-order valence-corrected chi connectivity index (χ3v) is 4.37. The van der Waals surface area contributed by atoms with E-state index >= 15 is 0 Å². The van der Waals surface area contributed by atoms with Gasteiger partial charge in [0.2, 0.25) is 0 Å². The van der Waals surface area contributed by atoms with E-state index in [0.717, 1.165) is 18.7 Å². The molecule has 7 nitrogen and oxygen atoms in total. The lowest BCUT2D eigenvalue weighted by Gasteiger charge is -2.33. The summed E-state index contributed by atoms with van der Waals surface area (Å²) < 4.78 is 7.78. The fraction of sp³-hybridized carbons (Fsp3) is 0.500. The van der Waals surface area contributed by atoms with E-state index in [4.69, 9.17) is 4.74 Å². The fourth-order valence-electron chi connectivity index (χ4n) is 3.04. The minimum Gasteiger partial charge on any atom is -0.374 e. The molecule has 1 atom stereocenters. The number of nitrogens with one attached hydrogen (secondary N) is 1. The maximum atomic E-state index is 12.4. The van der Waals surface area contributed by atoms with Gasteiger partial charge >= 0.3 is 6.03 Å². The van der Waals surface area contributed by atoms with Crippen LogP contribution in [0.3, 0.4) is 0 Å². The Labute approximate surface area is 148 Å². The van der Waals surface area contributed by atoms with Gasteiger partial charge in [-0.05, 0) is 5.56 Å². The van der Waals surface area contributed by atoms with Crippen LogP contribution in [0.15, 0.2) is 36.7 Å². The molecule has 25 heavy (non-hydrogen) atoms. The second-order valence-electron chi connectivity index (χ2n) is 6.15. The molecule has 3 rings (SSSR count). The molecule has 2 heterocycles. The zero-order valence-electron chi connectivity index (χ0n) is 14.6. The highest BCUT2D eigenvalue weighted by Gasteiger charge is 2.24. The molecule has 1 aromatic carbocycles. The second-order valence-corrected chi connectivity index (χ2v) is 6.15. The number of hydrogen-bond donors (Lipinski definition) is 1. The van der Waals surface area contributed by atoms with Gasteiger partial charge in [0.15, 0.2) is 0 Å². The van der Waals surface area contributed by atoms with Crippen molar-refractivity contribution >= 4 is 6.03 Å². The minimum absolute atomic E-state index is 0.0347. The van der Waals surface area contributed by atoms with E-state index in [1.807, 2.05) is 34.6 Å². The zero-order chi connectivity index (χ0) is 17.5. The molecule has 1 saturated heterocycles. The summed E-state index contributed by atoms with van der Waals surface area (Å²) in [6.07, 6.45) is 3.41. The van der Waals surface area contributed by atoms with Gasteiger partial charge in [0.05, 0.1) is 12.7 Å². The minimum atomic E-state index is -0.0347. The number of aromatic nitrogens is 3. The first-order valence-electron chi connectivity index (χ1n) is 8.81. The van der Waals surface area contributed by atoms with Gasteiger partial charge in [-0.3, -0.25) is 0 Å². The van der Waals surface area contributed by atoms with E-state index in [0.29, 0.717) is 32.8 Å². The van der Waals surface area contributed by atoms with Crippen molar-refractivity contribution in [2.24, 2.45) is 0 Å². The van der Waals surface area contributed by atoms with Crippen molar-refractivity contribution in [2.45, 2.75) is 32.4 Å². The van der Waals surface area contributed by atoms with Crippen molar-refractivity contribution in [1.29, 1.82) is 0 Å². The number of morpholine rings is 1. The van der Waals surface area contributed by atoms with E-state index < -0.39 is 0 Å². The number of rotatable bonds is 6. The molecule has 2 aromatic rings. The first-order valence-corrected chi connectivity index (χ1v) is 8.81. The van der Waals surface area contributed by atoms with Crippen LogP contribution in [0.5, 0.6) is 0 Å². The Morgan fingerprint density at radius 1 is 1.36 bits per heavy atom. The topological polar surface area (TPSA) is 72.3 Å². The highest BCUT2D eigenvalue weighted by molar-refractivity contribution is 5.74. The van der Waals surface area contributed by atoms with Crippen molar-refractivity contribution in [3.05, 3.63) is 48.0 Å². The average molecular weight is 343 g/mol. The van der Waals surface area contributed by atoms with E-state index in [9.17, 15) is 4.79 Å². The first-order chi connectivity index (χ1) is 12.3. The Morgan fingerprint density at radius 2 is 2.20 bits per heavy atom. The monoisotopic (exact) mass is 343 g/mol. The van der Waals surface area contributed by atoms with E-state index in [-0.39, 0.29) is 12.1 Å². The maximum Gasteiger partial charge on any atom is 0.317 e. The van der Waals surface area contributed by atoms with Crippen molar-refractivity contribution < 1.29 is 9.53 Å². The summed E-state index contributed by atoms with van der Waals surface area (Å²) in [6, 6.07) is 10.2. The quantitative estimate of drug-likeness (QED) is 0.863. The van der Waals surface area contributed by atoms with Crippen molar-refractivity contribution in [1.82, 2.24) is 25.0 Å². The van der Waals surface area contributed by atoms with E-state index in [2.05, 4.69) is 27.6 Å². The highest BCUT2D eigenvalue weighted by atomic mass is 16.5. The summed E-state index contributed by atoms with van der Waals surface area (Å²) in [7, 11) is 0. The zero-order valence-corrected chi connectivity index (χ0v) is 14.6. The molecule has 0 unspecified atom stereocenters. The van der Waals surface area contributed by atoms with E-state index in [1.54, 1.807) is 6.33 Å². The summed E-state index contributed by atoms with van der Waals surface area (Å²) in [6.45, 7) is 5.11. The van der Waals surface area contributed by atoms with Crippen molar-refractivity contribution in [3.8, 4) is 0 Å². The number of aryl methyl sites for hydroxylation is 1. The largest absolute Gasteiger partial charge is 0.374 e. The summed E-state index contributed by atoms with van der Waals surface area (Å²) in [5.41, 5.74) is 1.23. The van der Waals surface area contributed by atoms with Crippen LogP contribution < -0.4 is 5.32 Å². The van der Waals surface area contributed by atoms with Gasteiger partial charge in [-0.15, -0.1) is 10.2 Å². The number of carbonyl (C=O) groups excluding carboxylic acids is 1. The molecule has 0 aliphatic carbocycles. The second kappa shape index (κ2) is 8.62. The number of amides is 2. The first kappa shape index (κ1) is 17.4. The Kier molecular flexibility index (Phi) is 6.00. The number of urea groups is 1. The summed E-state index contributed by atoms with van der Waals surface area (Å²) >= 11 is 0. The molecular weight excluding hydrogens is 318 g/mol. The van der Waals surface area contributed by atoms with Crippen LogP contribution in [0.4, 0.5) is 4.79 Å². The lowest BCUT2D eigenvalue weighted by Crippen LogP contribution is -2.50. The van der Waals surface area contributed by atoms with Crippen LogP contribution in [0.25, 0.3) is 0 Å². The number of benzene rings is 1. The molecule has 1 aliphatic rings. The van der Waals surface area contributed by atoms with Gasteiger partial charge in [-0.25, -0.2) is 4.79 Å². The van der Waals surface area contributed by atoms with Crippen molar-refractivity contribution in [2.75, 3.05) is 26.2 Å². The van der Waals surface area contributed by atoms with Crippen LogP contribution in [-0.2, 0) is 24.1 Å². The molecular formula is C18H25N5O2. The van der Waals surface area contributed by atoms with Gasteiger partial charge < -0.3 is 19.5 Å². The van der Waals surface area contributed by atoms with Crippen LogP contribution in [-0.4, -0.2) is 58.0 Å². The number of hydrogen-bond acceptors (Lipinski definition) is 4. The summed E-state index contributed by atoms with van der Waals surface area (Å²) in [5, 5.41) is 10.9. The SMILES string of the molecule is CCc1nncn1CCNC(=O)N1CCO[C@H](Cc2ccccc2)C1. The Hall–Kier alpha value is -2.41. The smallest absolute Gasteiger partial charge is 0.317 e. The molecule has 7 heteroatoms. The lowest BCUT2D eigenvalue weighted by molar-refractivity contribution is -0.0132. The van der Waals surface area contributed by atoms with Crippen LogP contribution in [0.2, 0.25) is 0 Å². The summed E-state index contributed by atoms with van der Waals surface area (Å²) in [4.78, 5) is 14.2. The molecule has 1 fully saturated rings. The molecule has 2 amide bonds. The molecule has 1 N–H and O–H groups in total. The normalized spacial score (nSPS) is 17.5. The Bertz CT molecular complexity index is 673. The van der Waals surface area contributed by atoms with Crippen LogP contribution in [0.1, 0.15) is 18.3 Å². The summed E-state index contributed by atoms with van der Waals surface area (Å²) in [5.74, 6) is 0.934. The molecule has 134 valence electrons. The van der Waals surface area contributed by atoms with Crippen molar-refractivity contribution in [3.63, 3.8) is 0 Å². The van der Waals surface area contributed by atoms with Gasteiger partial charge in [-0.2, -0.15) is 0 Å². The third kappa shape index (κ3) is 4.79. The molecule has 0 radical (unpaired) electrons. The standard InChI is InChI=1S/C18H25N5O2/c1-2-17-21-20-14-23(17)9-8-19-18(24)22-10-11-25-16(13-22)12-15-6-4-3-5-7-15/h3-7,14,16H,2,8-13H2,1H3,(H,19,24)/t16-/m1/s1. The van der Waals surface area contributed by atoms with Gasteiger partial charge in [0.1, 0.15) is 12.2 Å². The number of nitrogens with zero attached hydrogens (tertiary/aromatic N) is 4.